The molecule has 2 aromatic heterocycles. The highest BCUT2D eigenvalue weighted by Crippen LogP contribution is 2.12. The van der Waals surface area contributed by atoms with Crippen molar-refractivity contribution < 1.29 is 4.79 Å². The minimum atomic E-state index is -1.06. The van der Waals surface area contributed by atoms with E-state index in [-0.39, 0.29) is 12.5 Å². The van der Waals surface area contributed by atoms with Gasteiger partial charge in [-0.05, 0) is 41.9 Å². The molecule has 1 atom stereocenters. The lowest BCUT2D eigenvalue weighted by molar-refractivity contribution is 0.0917. The van der Waals surface area contributed by atoms with Crippen molar-refractivity contribution in [2.45, 2.75) is 25.9 Å². The SMILES string of the molecule is Cc1ccc(C(=O)N[C@@](C)(C#N)Cn2cc(Br)cn2)cn1. The molecule has 6 nitrogen and oxygen atoms in total. The Morgan fingerprint density at radius 3 is 2.81 bits per heavy atom. The summed E-state index contributed by atoms with van der Waals surface area (Å²) in [4.78, 5) is 16.3. The molecule has 2 heterocycles. The van der Waals surface area contributed by atoms with Crippen LogP contribution < -0.4 is 5.32 Å². The van der Waals surface area contributed by atoms with Crippen molar-refractivity contribution in [3.63, 3.8) is 0 Å². The van der Waals surface area contributed by atoms with Gasteiger partial charge in [0.15, 0.2) is 0 Å². The van der Waals surface area contributed by atoms with Gasteiger partial charge in [-0.2, -0.15) is 10.4 Å². The van der Waals surface area contributed by atoms with Crippen molar-refractivity contribution >= 4 is 21.8 Å². The first-order valence-electron chi connectivity index (χ1n) is 6.26. The van der Waals surface area contributed by atoms with Crippen molar-refractivity contribution in [2.75, 3.05) is 0 Å². The van der Waals surface area contributed by atoms with Gasteiger partial charge < -0.3 is 5.32 Å². The van der Waals surface area contributed by atoms with E-state index in [9.17, 15) is 10.1 Å². The fourth-order valence-electron chi connectivity index (χ4n) is 1.78. The Hall–Kier alpha value is -2.20. The molecule has 108 valence electrons. The molecule has 1 amide bonds. The van der Waals surface area contributed by atoms with Crippen molar-refractivity contribution in [3.8, 4) is 6.07 Å². The highest BCUT2D eigenvalue weighted by Gasteiger charge is 2.27. The van der Waals surface area contributed by atoms with Crippen LogP contribution in [0.15, 0.2) is 35.2 Å². The number of halogens is 1. The van der Waals surface area contributed by atoms with E-state index in [4.69, 9.17) is 0 Å². The molecule has 0 unspecified atom stereocenters. The lowest BCUT2D eigenvalue weighted by Crippen LogP contribution is -2.48. The molecule has 0 aromatic carbocycles. The van der Waals surface area contributed by atoms with Crippen molar-refractivity contribution in [3.05, 3.63) is 46.5 Å². The summed E-state index contributed by atoms with van der Waals surface area (Å²) in [7, 11) is 0. The van der Waals surface area contributed by atoms with Crippen LogP contribution in [0.4, 0.5) is 0 Å². The number of rotatable bonds is 4. The van der Waals surface area contributed by atoms with E-state index in [1.807, 2.05) is 6.92 Å². The maximum Gasteiger partial charge on any atom is 0.254 e. The number of carbonyl (C=O) groups is 1. The number of nitrogens with one attached hydrogen (secondary N) is 1. The van der Waals surface area contributed by atoms with Gasteiger partial charge in [-0.3, -0.25) is 14.5 Å². The normalized spacial score (nSPS) is 13.2. The highest BCUT2D eigenvalue weighted by molar-refractivity contribution is 9.10. The number of amides is 1. The predicted octanol–water partition coefficient (Wildman–Crippen LogP) is 2.06. The molecule has 0 saturated heterocycles. The molecule has 0 aliphatic heterocycles. The fraction of sp³-hybridized carbons (Fsp3) is 0.286. The summed E-state index contributed by atoms with van der Waals surface area (Å²) in [5.41, 5.74) is 0.188. The van der Waals surface area contributed by atoms with E-state index in [0.717, 1.165) is 10.2 Å². The minimum absolute atomic E-state index is 0.250. The lowest BCUT2D eigenvalue weighted by atomic mass is 10.0. The third kappa shape index (κ3) is 3.89. The number of hydrogen-bond acceptors (Lipinski definition) is 4. The number of aryl methyl sites for hydroxylation is 1. The van der Waals surface area contributed by atoms with Gasteiger partial charge in [0.25, 0.3) is 5.91 Å². The molecule has 0 bridgehead atoms. The van der Waals surface area contributed by atoms with Gasteiger partial charge in [0.2, 0.25) is 0 Å². The smallest absolute Gasteiger partial charge is 0.254 e. The Kier molecular flexibility index (Phi) is 4.38. The summed E-state index contributed by atoms with van der Waals surface area (Å²) >= 11 is 3.29. The van der Waals surface area contributed by atoms with Gasteiger partial charge in [-0.1, -0.05) is 0 Å². The highest BCUT2D eigenvalue weighted by atomic mass is 79.9. The number of aromatic nitrogens is 3. The van der Waals surface area contributed by atoms with Crippen molar-refractivity contribution in [1.82, 2.24) is 20.1 Å². The van der Waals surface area contributed by atoms with Crippen LogP contribution >= 0.6 is 15.9 Å². The number of nitriles is 1. The molecular formula is C14H14BrN5O. The molecule has 2 aromatic rings. The van der Waals surface area contributed by atoms with E-state index < -0.39 is 5.54 Å². The monoisotopic (exact) mass is 347 g/mol. The molecule has 0 saturated carbocycles. The summed E-state index contributed by atoms with van der Waals surface area (Å²) in [6.07, 6.45) is 4.87. The molecule has 0 fully saturated rings. The average Bonchev–Trinajstić information content (AvgIpc) is 2.84. The number of hydrogen-bond donors (Lipinski definition) is 1. The van der Waals surface area contributed by atoms with E-state index >= 15 is 0 Å². The first-order valence-corrected chi connectivity index (χ1v) is 7.05. The van der Waals surface area contributed by atoms with Crippen LogP contribution in [0.3, 0.4) is 0 Å². The second kappa shape index (κ2) is 6.06. The summed E-state index contributed by atoms with van der Waals surface area (Å²) in [5.74, 6) is -0.335. The standard InChI is InChI=1S/C14H14BrN5O/c1-10-3-4-11(5-17-10)13(21)19-14(2,8-16)9-20-7-12(15)6-18-20/h3-7H,9H2,1-2H3,(H,19,21)/t14-/m0/s1. The molecule has 0 spiro atoms. The average molecular weight is 348 g/mol. The van der Waals surface area contributed by atoms with Crippen molar-refractivity contribution in [1.29, 1.82) is 5.26 Å². The van der Waals surface area contributed by atoms with Crippen molar-refractivity contribution in [2.24, 2.45) is 0 Å². The van der Waals surface area contributed by atoms with E-state index in [0.29, 0.717) is 5.56 Å². The Morgan fingerprint density at radius 2 is 2.29 bits per heavy atom. The van der Waals surface area contributed by atoms with E-state index in [1.54, 1.807) is 36.1 Å². The molecule has 7 heteroatoms. The van der Waals surface area contributed by atoms with Crippen LogP contribution in [-0.4, -0.2) is 26.2 Å². The van der Waals surface area contributed by atoms with Gasteiger partial charge >= 0.3 is 0 Å². The minimum Gasteiger partial charge on any atom is -0.332 e. The van der Waals surface area contributed by atoms with Gasteiger partial charge in [-0.25, -0.2) is 0 Å². The molecule has 2 rings (SSSR count). The predicted molar refractivity (Wildman–Crippen MR) is 80.4 cm³/mol. The van der Waals surface area contributed by atoms with Crippen LogP contribution in [-0.2, 0) is 6.54 Å². The second-order valence-corrected chi connectivity index (χ2v) is 5.86. The van der Waals surface area contributed by atoms with Gasteiger partial charge in [0.05, 0.1) is 28.8 Å². The summed E-state index contributed by atoms with van der Waals surface area (Å²) < 4.78 is 2.41. The third-order valence-electron chi connectivity index (χ3n) is 2.89. The number of carbonyl (C=O) groups excluding carboxylic acids is 1. The van der Waals surface area contributed by atoms with Gasteiger partial charge in [0, 0.05) is 18.1 Å². The van der Waals surface area contributed by atoms with Crippen LogP contribution in [0.5, 0.6) is 0 Å². The lowest BCUT2D eigenvalue weighted by Gasteiger charge is -2.23. The Balaban J connectivity index is 2.12. The van der Waals surface area contributed by atoms with Gasteiger partial charge in [0.1, 0.15) is 5.54 Å². The Bertz CT molecular complexity index is 688. The molecule has 1 N–H and O–H groups in total. The molecule has 21 heavy (non-hydrogen) atoms. The number of pyridine rings is 1. The summed E-state index contributed by atoms with van der Waals surface area (Å²) in [5, 5.41) is 16.2. The van der Waals surface area contributed by atoms with Gasteiger partial charge in [-0.15, -0.1) is 0 Å². The summed E-state index contributed by atoms with van der Waals surface area (Å²) in [6.45, 7) is 3.75. The topological polar surface area (TPSA) is 83.6 Å². The zero-order chi connectivity index (χ0) is 15.5. The second-order valence-electron chi connectivity index (χ2n) is 4.94. The largest absolute Gasteiger partial charge is 0.332 e. The first-order chi connectivity index (χ1) is 9.92. The maximum atomic E-state index is 12.2. The van der Waals surface area contributed by atoms with E-state index in [1.165, 1.54) is 6.20 Å². The zero-order valence-electron chi connectivity index (χ0n) is 11.7. The third-order valence-corrected chi connectivity index (χ3v) is 3.30. The fourth-order valence-corrected chi connectivity index (χ4v) is 2.10. The Labute approximate surface area is 130 Å². The molecule has 0 radical (unpaired) electrons. The summed E-state index contributed by atoms with van der Waals surface area (Å²) in [6, 6.07) is 5.55. The van der Waals surface area contributed by atoms with Crippen LogP contribution in [0.1, 0.15) is 23.0 Å². The zero-order valence-corrected chi connectivity index (χ0v) is 13.3. The Morgan fingerprint density at radius 1 is 1.52 bits per heavy atom. The number of nitrogens with zero attached hydrogens (tertiary/aromatic N) is 4. The molecule has 0 aliphatic carbocycles. The molecule has 0 aliphatic rings. The first kappa shape index (κ1) is 15.2. The van der Waals surface area contributed by atoms with Crippen LogP contribution in [0, 0.1) is 18.3 Å². The van der Waals surface area contributed by atoms with Crippen LogP contribution in [0.2, 0.25) is 0 Å². The quantitative estimate of drug-likeness (QED) is 0.917. The maximum absolute atomic E-state index is 12.2. The molecular weight excluding hydrogens is 334 g/mol. The van der Waals surface area contributed by atoms with Crippen LogP contribution in [0.25, 0.3) is 0 Å². The van der Waals surface area contributed by atoms with E-state index in [2.05, 4.69) is 37.4 Å².